The van der Waals surface area contributed by atoms with E-state index in [1.807, 2.05) is 25.2 Å². The number of methoxy groups -OCH3 is 1. The van der Waals surface area contributed by atoms with Gasteiger partial charge < -0.3 is 15.0 Å². The van der Waals surface area contributed by atoms with Crippen molar-refractivity contribution in [2.75, 3.05) is 12.8 Å². The molecule has 0 atom stereocenters. The Bertz CT molecular complexity index is 542. The van der Waals surface area contributed by atoms with Gasteiger partial charge in [-0.15, -0.1) is 0 Å². The molecule has 0 unspecified atom stereocenters. The second-order valence-electron chi connectivity index (χ2n) is 3.57. The number of allylic oxidation sites excluding steroid dienone is 5. The molecule has 1 aromatic rings. The molecule has 0 spiro atoms. The summed E-state index contributed by atoms with van der Waals surface area (Å²) in [5.74, 6) is 0.313. The fourth-order valence-corrected chi connectivity index (χ4v) is 1.35. The highest BCUT2D eigenvalue weighted by Gasteiger charge is 2.06. The minimum absolute atomic E-state index is 0.147. The van der Waals surface area contributed by atoms with E-state index in [0.717, 1.165) is 5.57 Å². The van der Waals surface area contributed by atoms with Crippen LogP contribution < -0.4 is 16.0 Å². The standard InChI is InChI=1S/C13H17N3O2/c1-4-6-7-10(5-2)8-16-9-11(18-3)12(17)15-13(16)14/h4-7,9H,2,8H2,1,3H3,(H2,14,15,17)/b6-4-,10-7+. The average molecular weight is 247 g/mol. The number of hydrogen-bond donors (Lipinski definition) is 1. The molecule has 1 aromatic heterocycles. The SMILES string of the molecule is C=C/C(=C\C=C/C)Cn1cc(OC)c(=O)nc1N. The van der Waals surface area contributed by atoms with Crippen molar-refractivity contribution in [3.8, 4) is 5.75 Å². The highest BCUT2D eigenvalue weighted by Crippen LogP contribution is 2.09. The molecule has 0 fully saturated rings. The van der Waals surface area contributed by atoms with Gasteiger partial charge in [-0.3, -0.25) is 4.79 Å². The Balaban J connectivity index is 3.10. The largest absolute Gasteiger partial charge is 0.490 e. The lowest BCUT2D eigenvalue weighted by Crippen LogP contribution is -2.18. The van der Waals surface area contributed by atoms with Gasteiger partial charge in [0.1, 0.15) is 0 Å². The molecule has 0 aliphatic carbocycles. The van der Waals surface area contributed by atoms with Crippen LogP contribution in [0, 0.1) is 0 Å². The number of ether oxygens (including phenoxy) is 1. The van der Waals surface area contributed by atoms with Gasteiger partial charge in [-0.2, -0.15) is 4.98 Å². The van der Waals surface area contributed by atoms with Crippen molar-refractivity contribution >= 4 is 5.95 Å². The van der Waals surface area contributed by atoms with Crippen LogP contribution in [0.15, 0.2) is 47.4 Å². The molecule has 0 bridgehead atoms. The highest BCUT2D eigenvalue weighted by molar-refractivity contribution is 5.28. The smallest absolute Gasteiger partial charge is 0.316 e. The van der Waals surface area contributed by atoms with Crippen molar-refractivity contribution in [3.05, 3.63) is 53.0 Å². The molecule has 0 saturated heterocycles. The molecule has 5 heteroatoms. The third-order valence-electron chi connectivity index (χ3n) is 2.33. The Morgan fingerprint density at radius 1 is 1.67 bits per heavy atom. The van der Waals surface area contributed by atoms with Crippen LogP contribution >= 0.6 is 0 Å². The molecule has 0 saturated carbocycles. The minimum Gasteiger partial charge on any atom is -0.490 e. The molecule has 0 aliphatic rings. The molecule has 0 aromatic carbocycles. The van der Waals surface area contributed by atoms with E-state index in [2.05, 4.69) is 11.6 Å². The molecule has 1 rings (SSSR count). The topological polar surface area (TPSA) is 70.1 Å². The maximum absolute atomic E-state index is 11.4. The maximum atomic E-state index is 11.4. The zero-order chi connectivity index (χ0) is 13.5. The summed E-state index contributed by atoms with van der Waals surface area (Å²) in [6.07, 6.45) is 9.00. The summed E-state index contributed by atoms with van der Waals surface area (Å²) in [7, 11) is 1.42. The first-order valence-corrected chi connectivity index (χ1v) is 5.47. The number of rotatable bonds is 5. The van der Waals surface area contributed by atoms with E-state index in [1.54, 1.807) is 10.6 Å². The van der Waals surface area contributed by atoms with E-state index < -0.39 is 5.56 Å². The number of nitrogens with zero attached hydrogens (tertiary/aromatic N) is 2. The quantitative estimate of drug-likeness (QED) is 0.801. The lowest BCUT2D eigenvalue weighted by Gasteiger charge is -2.10. The van der Waals surface area contributed by atoms with Crippen LogP contribution in [0.1, 0.15) is 6.92 Å². The van der Waals surface area contributed by atoms with Crippen LogP contribution in [0.4, 0.5) is 5.95 Å². The van der Waals surface area contributed by atoms with Gasteiger partial charge in [0.25, 0.3) is 0 Å². The van der Waals surface area contributed by atoms with Crippen molar-refractivity contribution in [1.29, 1.82) is 0 Å². The predicted octanol–water partition coefficient (Wildman–Crippen LogP) is 1.52. The molecule has 1 heterocycles. The summed E-state index contributed by atoms with van der Waals surface area (Å²) in [5, 5.41) is 0. The Kier molecular flexibility index (Phi) is 4.92. The number of anilines is 1. The second-order valence-corrected chi connectivity index (χ2v) is 3.57. The van der Waals surface area contributed by atoms with Crippen molar-refractivity contribution in [3.63, 3.8) is 0 Å². The highest BCUT2D eigenvalue weighted by atomic mass is 16.5. The van der Waals surface area contributed by atoms with E-state index in [9.17, 15) is 4.79 Å². The Morgan fingerprint density at radius 2 is 2.39 bits per heavy atom. The van der Waals surface area contributed by atoms with E-state index in [-0.39, 0.29) is 11.7 Å². The maximum Gasteiger partial charge on any atom is 0.316 e. The first kappa shape index (κ1) is 13.8. The fourth-order valence-electron chi connectivity index (χ4n) is 1.35. The minimum atomic E-state index is -0.469. The normalized spacial score (nSPS) is 11.8. The first-order chi connectivity index (χ1) is 8.62. The Hall–Kier alpha value is -2.30. The van der Waals surface area contributed by atoms with Crippen molar-refractivity contribution in [2.45, 2.75) is 13.5 Å². The zero-order valence-corrected chi connectivity index (χ0v) is 10.6. The summed E-state index contributed by atoms with van der Waals surface area (Å²) in [6.45, 7) is 6.13. The summed E-state index contributed by atoms with van der Waals surface area (Å²) in [6, 6.07) is 0. The number of nitrogen functional groups attached to an aromatic ring is 1. The van der Waals surface area contributed by atoms with Gasteiger partial charge in [-0.25, -0.2) is 0 Å². The zero-order valence-electron chi connectivity index (χ0n) is 10.6. The van der Waals surface area contributed by atoms with E-state index in [1.165, 1.54) is 13.3 Å². The average Bonchev–Trinajstić information content (AvgIpc) is 2.36. The van der Waals surface area contributed by atoms with Gasteiger partial charge >= 0.3 is 5.56 Å². The molecule has 0 amide bonds. The van der Waals surface area contributed by atoms with Gasteiger partial charge in [0.05, 0.1) is 19.9 Å². The molecular weight excluding hydrogens is 230 g/mol. The lowest BCUT2D eigenvalue weighted by molar-refractivity contribution is 0.402. The van der Waals surface area contributed by atoms with Crippen molar-refractivity contribution in [2.24, 2.45) is 0 Å². The molecule has 0 aliphatic heterocycles. The van der Waals surface area contributed by atoms with Crippen LogP contribution in [0.25, 0.3) is 0 Å². The number of hydrogen-bond acceptors (Lipinski definition) is 4. The van der Waals surface area contributed by atoms with Gasteiger partial charge in [-0.05, 0) is 12.5 Å². The van der Waals surface area contributed by atoms with Gasteiger partial charge in [0.15, 0.2) is 0 Å². The third kappa shape index (κ3) is 3.35. The van der Waals surface area contributed by atoms with Gasteiger partial charge in [-0.1, -0.05) is 30.9 Å². The van der Waals surface area contributed by atoms with Crippen molar-refractivity contribution < 1.29 is 4.74 Å². The molecule has 0 radical (unpaired) electrons. The molecule has 18 heavy (non-hydrogen) atoms. The van der Waals surface area contributed by atoms with Crippen LogP contribution in [0.3, 0.4) is 0 Å². The first-order valence-electron chi connectivity index (χ1n) is 5.47. The summed E-state index contributed by atoms with van der Waals surface area (Å²) in [4.78, 5) is 15.1. The fraction of sp³-hybridized carbons (Fsp3) is 0.231. The second kappa shape index (κ2) is 6.44. The van der Waals surface area contributed by atoms with Crippen LogP contribution in [-0.4, -0.2) is 16.7 Å². The molecular formula is C13H17N3O2. The van der Waals surface area contributed by atoms with Gasteiger partial charge in [0, 0.05) is 0 Å². The van der Waals surface area contributed by atoms with E-state index in [0.29, 0.717) is 6.54 Å². The Morgan fingerprint density at radius 3 is 2.94 bits per heavy atom. The third-order valence-corrected chi connectivity index (χ3v) is 2.33. The number of aromatic nitrogens is 2. The lowest BCUT2D eigenvalue weighted by atomic mass is 10.2. The molecule has 96 valence electrons. The molecule has 2 N–H and O–H groups in total. The molecule has 5 nitrogen and oxygen atoms in total. The Labute approximate surface area is 106 Å². The summed E-state index contributed by atoms with van der Waals surface area (Å²) < 4.78 is 6.56. The summed E-state index contributed by atoms with van der Waals surface area (Å²) >= 11 is 0. The van der Waals surface area contributed by atoms with Crippen LogP contribution in [0.2, 0.25) is 0 Å². The summed E-state index contributed by atoms with van der Waals surface area (Å²) in [5.41, 5.74) is 6.18. The monoisotopic (exact) mass is 247 g/mol. The predicted molar refractivity (Wildman–Crippen MR) is 72.6 cm³/mol. The van der Waals surface area contributed by atoms with E-state index >= 15 is 0 Å². The number of nitrogens with two attached hydrogens (primary N) is 1. The van der Waals surface area contributed by atoms with E-state index in [4.69, 9.17) is 10.5 Å². The van der Waals surface area contributed by atoms with Crippen LogP contribution in [0.5, 0.6) is 5.75 Å². The van der Waals surface area contributed by atoms with Crippen molar-refractivity contribution in [1.82, 2.24) is 9.55 Å². The van der Waals surface area contributed by atoms with Gasteiger partial charge in [0.2, 0.25) is 11.7 Å². The van der Waals surface area contributed by atoms with Crippen LogP contribution in [-0.2, 0) is 6.54 Å².